The van der Waals surface area contributed by atoms with E-state index in [0.717, 1.165) is 12.5 Å². The summed E-state index contributed by atoms with van der Waals surface area (Å²) in [4.78, 5) is 0. The Balaban J connectivity index is 2.01. The number of benzene rings is 1. The molecule has 0 amide bonds. The zero-order valence-electron chi connectivity index (χ0n) is 12.1. The second-order valence-electron chi connectivity index (χ2n) is 6.63. The minimum Gasteiger partial charge on any atom is -0.330 e. The lowest BCUT2D eigenvalue weighted by Crippen LogP contribution is -2.16. The molecule has 0 aliphatic heterocycles. The zero-order chi connectivity index (χ0) is 13.2. The van der Waals surface area contributed by atoms with Crippen molar-refractivity contribution in [1.29, 1.82) is 0 Å². The fraction of sp³-hybridized carbons (Fsp3) is 0.647. The van der Waals surface area contributed by atoms with Crippen molar-refractivity contribution in [3.63, 3.8) is 0 Å². The third-order valence-corrected chi connectivity index (χ3v) is 4.17. The van der Waals surface area contributed by atoms with Crippen LogP contribution in [0.5, 0.6) is 0 Å². The molecule has 1 nitrogen and oxygen atoms in total. The molecule has 0 spiro atoms. The lowest BCUT2D eigenvalue weighted by Gasteiger charge is -2.14. The first-order valence-corrected chi connectivity index (χ1v) is 7.32. The van der Waals surface area contributed by atoms with Gasteiger partial charge in [0.15, 0.2) is 0 Å². The molecule has 1 heteroatoms. The van der Waals surface area contributed by atoms with Crippen molar-refractivity contribution in [3.8, 4) is 0 Å². The van der Waals surface area contributed by atoms with Gasteiger partial charge in [0, 0.05) is 0 Å². The van der Waals surface area contributed by atoms with Gasteiger partial charge in [0.25, 0.3) is 0 Å². The van der Waals surface area contributed by atoms with Gasteiger partial charge >= 0.3 is 0 Å². The van der Waals surface area contributed by atoms with E-state index < -0.39 is 0 Å². The first-order valence-electron chi connectivity index (χ1n) is 7.32. The average Bonchev–Trinajstić information content (AvgIpc) is 3.05. The Kier molecular flexibility index (Phi) is 4.11. The van der Waals surface area contributed by atoms with E-state index in [2.05, 4.69) is 39.0 Å². The van der Waals surface area contributed by atoms with E-state index >= 15 is 0 Å². The zero-order valence-corrected chi connectivity index (χ0v) is 12.1. The topological polar surface area (TPSA) is 26.0 Å². The van der Waals surface area contributed by atoms with Gasteiger partial charge in [0.2, 0.25) is 0 Å². The van der Waals surface area contributed by atoms with Crippen LogP contribution in [0.1, 0.15) is 49.8 Å². The van der Waals surface area contributed by atoms with Crippen molar-refractivity contribution in [3.05, 3.63) is 34.9 Å². The van der Waals surface area contributed by atoms with Gasteiger partial charge in [-0.15, -0.1) is 0 Å². The van der Waals surface area contributed by atoms with Crippen molar-refractivity contribution in [2.24, 2.45) is 17.1 Å². The van der Waals surface area contributed by atoms with Gasteiger partial charge in [-0.25, -0.2) is 0 Å². The summed E-state index contributed by atoms with van der Waals surface area (Å²) in [6, 6.07) is 7.08. The highest BCUT2D eigenvalue weighted by Gasteiger charge is 2.40. The van der Waals surface area contributed by atoms with Crippen LogP contribution < -0.4 is 5.73 Å². The highest BCUT2D eigenvalue weighted by Crippen LogP contribution is 2.48. The van der Waals surface area contributed by atoms with E-state index in [-0.39, 0.29) is 0 Å². The lowest BCUT2D eigenvalue weighted by molar-refractivity contribution is 0.478. The molecule has 0 saturated heterocycles. The highest BCUT2D eigenvalue weighted by molar-refractivity contribution is 5.30. The molecule has 0 bridgehead atoms. The molecule has 1 fully saturated rings. The molecule has 0 radical (unpaired) electrons. The van der Waals surface area contributed by atoms with Gasteiger partial charge in [-0.3, -0.25) is 0 Å². The number of rotatable bonds is 6. The molecule has 100 valence electrons. The van der Waals surface area contributed by atoms with Crippen molar-refractivity contribution >= 4 is 0 Å². The molecular weight excluding hydrogens is 218 g/mol. The summed E-state index contributed by atoms with van der Waals surface area (Å²) in [5.74, 6) is 0.735. The van der Waals surface area contributed by atoms with E-state index in [1.165, 1.54) is 48.8 Å². The standard InChI is InChI=1S/C17H27N/c1-13(2)8-16-10-14(3)9-15(11-16)4-5-17(12-18)6-7-17/h9-11,13H,4-8,12,18H2,1-3H3. The summed E-state index contributed by atoms with van der Waals surface area (Å²) in [5.41, 5.74) is 10.8. The Morgan fingerprint density at radius 2 is 1.83 bits per heavy atom. The monoisotopic (exact) mass is 245 g/mol. The fourth-order valence-corrected chi connectivity index (χ4v) is 2.82. The second-order valence-corrected chi connectivity index (χ2v) is 6.63. The largest absolute Gasteiger partial charge is 0.330 e. The Labute approximate surface area is 112 Å². The third kappa shape index (κ3) is 3.58. The number of aryl methyl sites for hydroxylation is 2. The fourth-order valence-electron chi connectivity index (χ4n) is 2.82. The molecule has 0 atom stereocenters. The molecule has 1 aromatic carbocycles. The average molecular weight is 245 g/mol. The summed E-state index contributed by atoms with van der Waals surface area (Å²) in [6.07, 6.45) is 6.34. The van der Waals surface area contributed by atoms with Crippen LogP contribution in [0.2, 0.25) is 0 Å². The van der Waals surface area contributed by atoms with Gasteiger partial charge in [-0.1, -0.05) is 37.6 Å². The van der Waals surface area contributed by atoms with Gasteiger partial charge in [-0.2, -0.15) is 0 Å². The Morgan fingerprint density at radius 3 is 2.39 bits per heavy atom. The predicted octanol–water partition coefficient (Wildman–Crippen LogP) is 3.87. The number of hydrogen-bond acceptors (Lipinski definition) is 1. The minimum absolute atomic E-state index is 0.502. The van der Waals surface area contributed by atoms with E-state index in [1.54, 1.807) is 0 Å². The predicted molar refractivity (Wildman–Crippen MR) is 78.8 cm³/mol. The number of nitrogens with two attached hydrogens (primary N) is 1. The Morgan fingerprint density at radius 1 is 1.17 bits per heavy atom. The van der Waals surface area contributed by atoms with Crippen LogP contribution in [0.25, 0.3) is 0 Å². The maximum absolute atomic E-state index is 5.86. The molecule has 1 aliphatic rings. The van der Waals surface area contributed by atoms with E-state index in [1.807, 2.05) is 0 Å². The van der Waals surface area contributed by atoms with Crippen molar-refractivity contribution in [2.75, 3.05) is 6.54 Å². The molecule has 2 rings (SSSR count). The Hall–Kier alpha value is -0.820. The molecule has 0 aromatic heterocycles. The van der Waals surface area contributed by atoms with Crippen LogP contribution in [0.3, 0.4) is 0 Å². The van der Waals surface area contributed by atoms with Crippen molar-refractivity contribution < 1.29 is 0 Å². The molecule has 0 unspecified atom stereocenters. The summed E-state index contributed by atoms with van der Waals surface area (Å²) in [6.45, 7) is 7.66. The summed E-state index contributed by atoms with van der Waals surface area (Å²) < 4.78 is 0. The lowest BCUT2D eigenvalue weighted by atomic mass is 9.93. The molecule has 1 aromatic rings. The van der Waals surface area contributed by atoms with Crippen molar-refractivity contribution in [2.45, 2.75) is 52.9 Å². The van der Waals surface area contributed by atoms with Gasteiger partial charge in [0.05, 0.1) is 0 Å². The maximum Gasteiger partial charge on any atom is -0.00204 e. The normalized spacial score (nSPS) is 17.2. The molecule has 2 N–H and O–H groups in total. The first-order chi connectivity index (χ1) is 8.53. The SMILES string of the molecule is Cc1cc(CCC2(CN)CC2)cc(CC(C)C)c1. The van der Waals surface area contributed by atoms with Crippen LogP contribution >= 0.6 is 0 Å². The van der Waals surface area contributed by atoms with Crippen LogP contribution in [-0.2, 0) is 12.8 Å². The quantitative estimate of drug-likeness (QED) is 0.809. The summed E-state index contributed by atoms with van der Waals surface area (Å²) in [5, 5.41) is 0. The van der Waals surface area contributed by atoms with Gasteiger partial charge in [-0.05, 0) is 68.0 Å². The summed E-state index contributed by atoms with van der Waals surface area (Å²) in [7, 11) is 0. The Bertz CT molecular complexity index is 402. The second kappa shape index (κ2) is 5.44. The van der Waals surface area contributed by atoms with Crippen LogP contribution in [0, 0.1) is 18.3 Å². The number of hydrogen-bond donors (Lipinski definition) is 1. The van der Waals surface area contributed by atoms with Crippen LogP contribution in [0.15, 0.2) is 18.2 Å². The van der Waals surface area contributed by atoms with Gasteiger partial charge in [0.1, 0.15) is 0 Å². The minimum atomic E-state index is 0.502. The first kappa shape index (κ1) is 13.6. The molecule has 1 saturated carbocycles. The smallest absolute Gasteiger partial charge is 0.00204 e. The molecule has 1 aliphatic carbocycles. The van der Waals surface area contributed by atoms with E-state index in [0.29, 0.717) is 5.41 Å². The molecule has 0 heterocycles. The van der Waals surface area contributed by atoms with E-state index in [9.17, 15) is 0 Å². The van der Waals surface area contributed by atoms with E-state index in [4.69, 9.17) is 5.73 Å². The van der Waals surface area contributed by atoms with Crippen LogP contribution in [-0.4, -0.2) is 6.54 Å². The maximum atomic E-state index is 5.86. The summed E-state index contributed by atoms with van der Waals surface area (Å²) >= 11 is 0. The van der Waals surface area contributed by atoms with Crippen LogP contribution in [0.4, 0.5) is 0 Å². The molecular formula is C17H27N. The third-order valence-electron chi connectivity index (χ3n) is 4.17. The van der Waals surface area contributed by atoms with Crippen molar-refractivity contribution in [1.82, 2.24) is 0 Å². The van der Waals surface area contributed by atoms with Gasteiger partial charge < -0.3 is 5.73 Å². The highest BCUT2D eigenvalue weighted by atomic mass is 14.6. The molecule has 18 heavy (non-hydrogen) atoms.